The molecule has 1 unspecified atom stereocenters. The van der Waals surface area contributed by atoms with E-state index in [1.54, 1.807) is 0 Å². The standard InChI is InChI=1S/C61H110O6/c1-4-7-10-13-16-19-22-25-28-31-34-36-39-42-45-48-51-54-60(63)66-57-58(67-61(64)55-52-49-46-43-40-37-33-30-27-24-21-18-15-12-9-6-3)56-65-59(62)53-50-47-44-41-38-35-32-29-26-23-20-17-14-11-8-5-2/h9,12,18,21,25,27-28,30,58H,4-8,10-11,13-17,19-20,22-24,26,29,31-57H2,1-3H3/b12-9-,21-18-,28-25-,30-27-. The summed E-state index contributed by atoms with van der Waals surface area (Å²) in [4.78, 5) is 38.2. The summed E-state index contributed by atoms with van der Waals surface area (Å²) in [6, 6.07) is 0. The average molecular weight is 940 g/mol. The number of carbonyl (C=O) groups is 3. The van der Waals surface area contributed by atoms with Crippen LogP contribution in [0.2, 0.25) is 0 Å². The third kappa shape index (κ3) is 54.2. The van der Waals surface area contributed by atoms with Crippen LogP contribution in [0.1, 0.15) is 303 Å². The highest BCUT2D eigenvalue weighted by Gasteiger charge is 2.19. The van der Waals surface area contributed by atoms with Crippen molar-refractivity contribution in [2.75, 3.05) is 13.2 Å². The number of hydrogen-bond donors (Lipinski definition) is 0. The van der Waals surface area contributed by atoms with Gasteiger partial charge >= 0.3 is 17.9 Å². The third-order valence-electron chi connectivity index (χ3n) is 12.8. The second-order valence-electron chi connectivity index (χ2n) is 19.5. The van der Waals surface area contributed by atoms with E-state index in [0.717, 1.165) is 89.9 Å². The van der Waals surface area contributed by atoms with Crippen molar-refractivity contribution in [3.63, 3.8) is 0 Å². The molecule has 0 aromatic carbocycles. The first-order valence-electron chi connectivity index (χ1n) is 29.1. The number of allylic oxidation sites excluding steroid dienone is 8. The molecule has 0 rings (SSSR count). The molecule has 0 N–H and O–H groups in total. The summed E-state index contributed by atoms with van der Waals surface area (Å²) in [5.74, 6) is -0.878. The molecule has 0 saturated heterocycles. The van der Waals surface area contributed by atoms with Gasteiger partial charge in [0.05, 0.1) is 0 Å². The van der Waals surface area contributed by atoms with Gasteiger partial charge in [0, 0.05) is 19.3 Å². The number of hydrogen-bond acceptors (Lipinski definition) is 6. The van der Waals surface area contributed by atoms with Crippen LogP contribution in [-0.2, 0) is 28.6 Å². The molecule has 0 radical (unpaired) electrons. The van der Waals surface area contributed by atoms with Gasteiger partial charge in [0.2, 0.25) is 0 Å². The average Bonchev–Trinajstić information content (AvgIpc) is 3.33. The van der Waals surface area contributed by atoms with Gasteiger partial charge in [0.25, 0.3) is 0 Å². The lowest BCUT2D eigenvalue weighted by atomic mass is 10.0. The Morgan fingerprint density at radius 3 is 0.925 bits per heavy atom. The highest BCUT2D eigenvalue weighted by Crippen LogP contribution is 2.16. The lowest BCUT2D eigenvalue weighted by Crippen LogP contribution is -2.30. The summed E-state index contributed by atoms with van der Waals surface area (Å²) in [6.07, 6.45) is 68.1. The van der Waals surface area contributed by atoms with Crippen LogP contribution in [0.4, 0.5) is 0 Å². The van der Waals surface area contributed by atoms with Crippen LogP contribution in [0.15, 0.2) is 48.6 Å². The van der Waals surface area contributed by atoms with Gasteiger partial charge in [-0.05, 0) is 77.0 Å². The lowest BCUT2D eigenvalue weighted by Gasteiger charge is -2.18. The van der Waals surface area contributed by atoms with Gasteiger partial charge in [-0.3, -0.25) is 14.4 Å². The van der Waals surface area contributed by atoms with Crippen LogP contribution in [0.5, 0.6) is 0 Å². The minimum Gasteiger partial charge on any atom is -0.462 e. The fourth-order valence-electron chi connectivity index (χ4n) is 8.45. The first-order chi connectivity index (χ1) is 33.0. The van der Waals surface area contributed by atoms with E-state index in [0.29, 0.717) is 19.3 Å². The summed E-state index contributed by atoms with van der Waals surface area (Å²) < 4.78 is 16.9. The Balaban J connectivity index is 4.37. The van der Waals surface area contributed by atoms with E-state index in [1.807, 2.05) is 0 Å². The van der Waals surface area contributed by atoms with Crippen LogP contribution in [-0.4, -0.2) is 37.2 Å². The predicted octanol–water partition coefficient (Wildman–Crippen LogP) is 19.4. The van der Waals surface area contributed by atoms with Crippen molar-refractivity contribution in [1.82, 2.24) is 0 Å². The Hall–Kier alpha value is -2.63. The zero-order valence-electron chi connectivity index (χ0n) is 44.7. The van der Waals surface area contributed by atoms with Crippen LogP contribution in [0.3, 0.4) is 0 Å². The van der Waals surface area contributed by atoms with Gasteiger partial charge in [0.15, 0.2) is 6.10 Å². The molecular formula is C61H110O6. The SMILES string of the molecule is CC/C=C\C/C=C\C/C=C\CCCCCCCCC(=O)OC(COC(=O)CCCCCCCCC/C=C\CCCCCCCC)COC(=O)CCCCCCCCCCCCCCCCCC. The molecule has 0 aliphatic heterocycles. The number of ether oxygens (including phenoxy) is 3. The van der Waals surface area contributed by atoms with Gasteiger partial charge < -0.3 is 14.2 Å². The minimum atomic E-state index is -0.780. The fraction of sp³-hybridized carbons (Fsp3) is 0.820. The third-order valence-corrected chi connectivity index (χ3v) is 12.8. The van der Waals surface area contributed by atoms with E-state index < -0.39 is 6.10 Å². The molecule has 6 heteroatoms. The summed E-state index contributed by atoms with van der Waals surface area (Å²) in [7, 11) is 0. The van der Waals surface area contributed by atoms with Crippen molar-refractivity contribution in [3.05, 3.63) is 48.6 Å². The van der Waals surface area contributed by atoms with E-state index >= 15 is 0 Å². The van der Waals surface area contributed by atoms with E-state index in [1.165, 1.54) is 173 Å². The topological polar surface area (TPSA) is 78.9 Å². The van der Waals surface area contributed by atoms with Crippen molar-refractivity contribution in [2.24, 2.45) is 0 Å². The van der Waals surface area contributed by atoms with Gasteiger partial charge in [-0.15, -0.1) is 0 Å². The van der Waals surface area contributed by atoms with Gasteiger partial charge in [-0.2, -0.15) is 0 Å². The van der Waals surface area contributed by atoms with E-state index in [-0.39, 0.29) is 31.1 Å². The number of rotatable bonds is 53. The molecule has 0 heterocycles. The highest BCUT2D eigenvalue weighted by atomic mass is 16.6. The molecule has 0 bridgehead atoms. The largest absolute Gasteiger partial charge is 0.462 e. The smallest absolute Gasteiger partial charge is 0.306 e. The lowest BCUT2D eigenvalue weighted by molar-refractivity contribution is -0.167. The maximum absolute atomic E-state index is 12.9. The zero-order valence-corrected chi connectivity index (χ0v) is 44.7. The summed E-state index contributed by atoms with van der Waals surface area (Å²) in [5, 5.41) is 0. The molecule has 0 aliphatic rings. The molecule has 1 atom stereocenters. The number of unbranched alkanes of at least 4 members (excludes halogenated alkanes) is 34. The molecule has 0 spiro atoms. The summed E-state index contributed by atoms with van der Waals surface area (Å²) in [6.45, 7) is 6.55. The molecule has 0 aromatic heterocycles. The van der Waals surface area contributed by atoms with Gasteiger partial charge in [-0.1, -0.05) is 256 Å². The van der Waals surface area contributed by atoms with Crippen LogP contribution in [0, 0.1) is 0 Å². The second-order valence-corrected chi connectivity index (χ2v) is 19.5. The Labute approximate surface area is 416 Å². The van der Waals surface area contributed by atoms with Gasteiger partial charge in [0.1, 0.15) is 13.2 Å². The van der Waals surface area contributed by atoms with E-state index in [2.05, 4.69) is 69.4 Å². The monoisotopic (exact) mass is 939 g/mol. The summed E-state index contributed by atoms with van der Waals surface area (Å²) in [5.41, 5.74) is 0. The maximum atomic E-state index is 12.9. The molecule has 0 aromatic rings. The minimum absolute atomic E-state index is 0.0767. The predicted molar refractivity (Wildman–Crippen MR) is 289 cm³/mol. The first kappa shape index (κ1) is 64.4. The van der Waals surface area contributed by atoms with E-state index in [4.69, 9.17) is 14.2 Å². The normalized spacial score (nSPS) is 12.3. The number of esters is 3. The number of carbonyl (C=O) groups excluding carboxylic acids is 3. The Morgan fingerprint density at radius 1 is 0.313 bits per heavy atom. The fourth-order valence-corrected chi connectivity index (χ4v) is 8.45. The quantitative estimate of drug-likeness (QED) is 0.0262. The highest BCUT2D eigenvalue weighted by molar-refractivity contribution is 5.71. The molecule has 390 valence electrons. The van der Waals surface area contributed by atoms with Crippen LogP contribution < -0.4 is 0 Å². The van der Waals surface area contributed by atoms with Crippen molar-refractivity contribution >= 4 is 17.9 Å². The molecule has 0 amide bonds. The molecule has 0 fully saturated rings. The first-order valence-corrected chi connectivity index (χ1v) is 29.1. The summed E-state index contributed by atoms with van der Waals surface area (Å²) >= 11 is 0. The molecule has 67 heavy (non-hydrogen) atoms. The van der Waals surface area contributed by atoms with Crippen molar-refractivity contribution in [1.29, 1.82) is 0 Å². The van der Waals surface area contributed by atoms with Crippen molar-refractivity contribution in [2.45, 2.75) is 309 Å². The Bertz CT molecular complexity index is 1170. The zero-order chi connectivity index (χ0) is 48.6. The second kappa shape index (κ2) is 56.0. The molecule has 0 aliphatic carbocycles. The Morgan fingerprint density at radius 2 is 0.582 bits per heavy atom. The maximum Gasteiger partial charge on any atom is 0.306 e. The molecular weight excluding hydrogens is 829 g/mol. The molecule has 6 nitrogen and oxygen atoms in total. The van der Waals surface area contributed by atoms with E-state index in [9.17, 15) is 14.4 Å². The van der Waals surface area contributed by atoms with Crippen molar-refractivity contribution < 1.29 is 28.6 Å². The van der Waals surface area contributed by atoms with Crippen molar-refractivity contribution in [3.8, 4) is 0 Å². The molecule has 0 saturated carbocycles. The van der Waals surface area contributed by atoms with Crippen LogP contribution >= 0.6 is 0 Å². The van der Waals surface area contributed by atoms with Crippen LogP contribution in [0.25, 0.3) is 0 Å². The Kier molecular flexibility index (Phi) is 53.8. The van der Waals surface area contributed by atoms with Gasteiger partial charge in [-0.25, -0.2) is 0 Å².